The normalized spacial score (nSPS) is 16.8. The van der Waals surface area contributed by atoms with Crippen LogP contribution in [0.5, 0.6) is 0 Å². The Hall–Kier alpha value is -2.01. The quantitative estimate of drug-likeness (QED) is 0.934. The van der Waals surface area contributed by atoms with E-state index in [0.29, 0.717) is 5.95 Å². The monoisotopic (exact) mass is 283 g/mol. The highest BCUT2D eigenvalue weighted by atomic mass is 15.1. The Bertz CT molecular complexity index is 564. The molecule has 1 saturated heterocycles. The van der Waals surface area contributed by atoms with Gasteiger partial charge in [-0.15, -0.1) is 0 Å². The molecule has 1 fully saturated rings. The number of nitrogens with one attached hydrogen (secondary N) is 1. The van der Waals surface area contributed by atoms with Crippen molar-refractivity contribution in [3.05, 3.63) is 42.4 Å². The van der Waals surface area contributed by atoms with Crippen molar-refractivity contribution in [1.82, 2.24) is 19.9 Å². The number of piperidine rings is 1. The molecule has 3 heterocycles. The van der Waals surface area contributed by atoms with E-state index < -0.39 is 0 Å². The molecule has 2 aromatic rings. The number of hydrogen-bond donors (Lipinski definition) is 1. The van der Waals surface area contributed by atoms with E-state index in [1.807, 2.05) is 12.1 Å². The molecule has 1 aliphatic heterocycles. The molecule has 0 saturated carbocycles. The molecule has 5 nitrogen and oxygen atoms in total. The Morgan fingerprint density at radius 3 is 2.67 bits per heavy atom. The van der Waals surface area contributed by atoms with Gasteiger partial charge < -0.3 is 10.2 Å². The van der Waals surface area contributed by atoms with Crippen molar-refractivity contribution in [1.29, 1.82) is 0 Å². The topological polar surface area (TPSA) is 53.9 Å². The largest absolute Gasteiger partial charge is 0.309 e. The van der Waals surface area contributed by atoms with Crippen LogP contribution < -0.4 is 5.32 Å². The lowest BCUT2D eigenvalue weighted by molar-refractivity contribution is 0.218. The van der Waals surface area contributed by atoms with Crippen LogP contribution in [-0.4, -0.2) is 40.0 Å². The third-order valence-corrected chi connectivity index (χ3v) is 3.95. The molecule has 0 atom stereocenters. The number of aromatic nitrogens is 3. The second-order valence-corrected chi connectivity index (χ2v) is 5.66. The first-order chi connectivity index (χ1) is 10.3. The number of hydrogen-bond acceptors (Lipinski definition) is 5. The molecular weight excluding hydrogens is 262 g/mol. The third kappa shape index (κ3) is 3.98. The lowest BCUT2D eigenvalue weighted by Gasteiger charge is -2.28. The predicted molar refractivity (Wildman–Crippen MR) is 83.5 cm³/mol. The standard InChI is InChI=1S/C16H21N5/c1-21-10-6-13(7-11-21)12-14-4-2-5-15(19-14)20-16-17-8-3-9-18-16/h2-5,8-9,13H,6-7,10-12H2,1H3,(H,17,18,19,20). The minimum atomic E-state index is 0.585. The maximum Gasteiger partial charge on any atom is 0.228 e. The first kappa shape index (κ1) is 13.9. The highest BCUT2D eigenvalue weighted by Gasteiger charge is 2.17. The fraction of sp³-hybridized carbons (Fsp3) is 0.438. The zero-order chi connectivity index (χ0) is 14.5. The van der Waals surface area contributed by atoms with Crippen molar-refractivity contribution in [2.24, 2.45) is 5.92 Å². The summed E-state index contributed by atoms with van der Waals surface area (Å²) in [5.74, 6) is 2.14. The summed E-state index contributed by atoms with van der Waals surface area (Å²) >= 11 is 0. The fourth-order valence-corrected chi connectivity index (χ4v) is 2.70. The molecule has 0 spiro atoms. The Labute approximate surface area is 125 Å². The van der Waals surface area contributed by atoms with Crippen molar-refractivity contribution >= 4 is 11.8 Å². The van der Waals surface area contributed by atoms with Crippen LogP contribution in [-0.2, 0) is 6.42 Å². The molecule has 0 amide bonds. The maximum absolute atomic E-state index is 4.68. The van der Waals surface area contributed by atoms with Crippen molar-refractivity contribution in [3.63, 3.8) is 0 Å². The van der Waals surface area contributed by atoms with Crippen molar-refractivity contribution in [3.8, 4) is 0 Å². The van der Waals surface area contributed by atoms with Crippen LogP contribution in [0.25, 0.3) is 0 Å². The summed E-state index contributed by atoms with van der Waals surface area (Å²) in [5, 5.41) is 3.15. The zero-order valence-electron chi connectivity index (χ0n) is 12.4. The molecule has 0 aliphatic carbocycles. The second kappa shape index (κ2) is 6.63. The molecular formula is C16H21N5. The van der Waals surface area contributed by atoms with Crippen LogP contribution in [0.3, 0.4) is 0 Å². The number of anilines is 2. The Morgan fingerprint density at radius 1 is 1.14 bits per heavy atom. The van der Waals surface area contributed by atoms with Gasteiger partial charge in [-0.3, -0.25) is 0 Å². The van der Waals surface area contributed by atoms with Gasteiger partial charge in [-0.25, -0.2) is 15.0 Å². The Morgan fingerprint density at radius 2 is 1.90 bits per heavy atom. The van der Waals surface area contributed by atoms with Crippen molar-refractivity contribution in [2.45, 2.75) is 19.3 Å². The molecule has 1 N–H and O–H groups in total. The molecule has 0 bridgehead atoms. The fourth-order valence-electron chi connectivity index (χ4n) is 2.70. The van der Waals surface area contributed by atoms with E-state index in [0.717, 1.165) is 23.9 Å². The summed E-state index contributed by atoms with van der Waals surface area (Å²) < 4.78 is 0. The number of nitrogens with zero attached hydrogens (tertiary/aromatic N) is 4. The van der Waals surface area contributed by atoms with E-state index in [1.165, 1.54) is 25.9 Å². The first-order valence-electron chi connectivity index (χ1n) is 7.48. The summed E-state index contributed by atoms with van der Waals surface area (Å²) in [6.45, 7) is 2.39. The summed E-state index contributed by atoms with van der Waals surface area (Å²) in [6.07, 6.45) is 7.02. The molecule has 0 unspecified atom stereocenters. The molecule has 1 aliphatic rings. The van der Waals surface area contributed by atoms with E-state index in [4.69, 9.17) is 0 Å². The molecule has 5 heteroatoms. The minimum absolute atomic E-state index is 0.585. The van der Waals surface area contributed by atoms with E-state index in [9.17, 15) is 0 Å². The van der Waals surface area contributed by atoms with Gasteiger partial charge in [-0.1, -0.05) is 6.07 Å². The summed E-state index contributed by atoms with van der Waals surface area (Å²) in [4.78, 5) is 15.4. The second-order valence-electron chi connectivity index (χ2n) is 5.66. The molecule has 3 rings (SSSR count). The SMILES string of the molecule is CN1CCC(Cc2cccc(Nc3ncccn3)n2)CC1. The molecule has 21 heavy (non-hydrogen) atoms. The van der Waals surface area contributed by atoms with E-state index in [-0.39, 0.29) is 0 Å². The van der Waals surface area contributed by atoms with Crippen molar-refractivity contribution in [2.75, 3.05) is 25.5 Å². The molecule has 2 aromatic heterocycles. The van der Waals surface area contributed by atoms with E-state index in [2.05, 4.69) is 38.3 Å². The lowest BCUT2D eigenvalue weighted by Crippen LogP contribution is -2.31. The van der Waals surface area contributed by atoms with Crippen LogP contribution in [0.2, 0.25) is 0 Å². The first-order valence-corrected chi connectivity index (χ1v) is 7.48. The summed E-state index contributed by atoms with van der Waals surface area (Å²) in [6, 6.07) is 7.90. The Kier molecular flexibility index (Phi) is 4.40. The Balaban J connectivity index is 1.63. The van der Waals surface area contributed by atoms with Gasteiger partial charge in [0, 0.05) is 18.1 Å². The van der Waals surface area contributed by atoms with Gasteiger partial charge in [0.2, 0.25) is 5.95 Å². The number of likely N-dealkylation sites (tertiary alicyclic amines) is 1. The van der Waals surface area contributed by atoms with E-state index >= 15 is 0 Å². The van der Waals surface area contributed by atoms with Crippen LogP contribution in [0, 0.1) is 5.92 Å². The van der Waals surface area contributed by atoms with Gasteiger partial charge in [0.05, 0.1) is 0 Å². The van der Waals surface area contributed by atoms with Gasteiger partial charge in [0.25, 0.3) is 0 Å². The van der Waals surface area contributed by atoms with Crippen LogP contribution in [0.4, 0.5) is 11.8 Å². The van der Waals surface area contributed by atoms with Gasteiger partial charge in [0.15, 0.2) is 0 Å². The molecule has 0 radical (unpaired) electrons. The minimum Gasteiger partial charge on any atom is -0.309 e. The third-order valence-electron chi connectivity index (χ3n) is 3.95. The van der Waals surface area contributed by atoms with Crippen molar-refractivity contribution < 1.29 is 0 Å². The lowest BCUT2D eigenvalue weighted by atomic mass is 9.92. The van der Waals surface area contributed by atoms with Crippen LogP contribution >= 0.6 is 0 Å². The summed E-state index contributed by atoms with van der Waals surface area (Å²) in [5.41, 5.74) is 1.14. The smallest absolute Gasteiger partial charge is 0.228 e. The average Bonchev–Trinajstić information content (AvgIpc) is 2.51. The average molecular weight is 283 g/mol. The zero-order valence-corrected chi connectivity index (χ0v) is 12.4. The van der Waals surface area contributed by atoms with Crippen LogP contribution in [0.15, 0.2) is 36.7 Å². The summed E-state index contributed by atoms with van der Waals surface area (Å²) in [7, 11) is 2.19. The molecule has 110 valence electrons. The highest BCUT2D eigenvalue weighted by Crippen LogP contribution is 2.21. The van der Waals surface area contributed by atoms with Gasteiger partial charge in [-0.2, -0.15) is 0 Å². The number of rotatable bonds is 4. The van der Waals surface area contributed by atoms with Gasteiger partial charge >= 0.3 is 0 Å². The predicted octanol–water partition coefficient (Wildman–Crippen LogP) is 2.50. The van der Waals surface area contributed by atoms with Gasteiger partial charge in [0.1, 0.15) is 5.82 Å². The van der Waals surface area contributed by atoms with Crippen LogP contribution in [0.1, 0.15) is 18.5 Å². The maximum atomic E-state index is 4.68. The highest BCUT2D eigenvalue weighted by molar-refractivity contribution is 5.47. The number of pyridine rings is 1. The van der Waals surface area contributed by atoms with Gasteiger partial charge in [-0.05, 0) is 63.5 Å². The van der Waals surface area contributed by atoms with E-state index in [1.54, 1.807) is 18.5 Å². The molecule has 0 aromatic carbocycles.